The molecule has 2 aromatic carbocycles. The zero-order chi connectivity index (χ0) is 21.0. The number of nitro benzene ring substituents is 1. The number of rotatable bonds is 7. The summed E-state index contributed by atoms with van der Waals surface area (Å²) < 4.78 is 27.2. The highest BCUT2D eigenvalue weighted by atomic mass is 32.2. The van der Waals surface area contributed by atoms with Crippen LogP contribution in [0.5, 0.6) is 0 Å². The summed E-state index contributed by atoms with van der Waals surface area (Å²) in [7, 11) is -4.00. The second kappa shape index (κ2) is 8.37. The predicted molar refractivity (Wildman–Crippen MR) is 108 cm³/mol. The molecule has 11 heteroatoms. The number of aryl methyl sites for hydroxylation is 1. The third-order valence-electron chi connectivity index (χ3n) is 3.88. The molecule has 0 spiro atoms. The van der Waals surface area contributed by atoms with Crippen LogP contribution in [0, 0.1) is 17.0 Å². The van der Waals surface area contributed by atoms with Gasteiger partial charge >= 0.3 is 0 Å². The number of benzene rings is 2. The maximum atomic E-state index is 12.5. The molecule has 0 saturated heterocycles. The summed E-state index contributed by atoms with van der Waals surface area (Å²) in [5.74, 6) is -0.357. The van der Waals surface area contributed by atoms with E-state index in [4.69, 9.17) is 0 Å². The molecule has 0 aliphatic rings. The Hall–Kier alpha value is -3.31. The van der Waals surface area contributed by atoms with Crippen molar-refractivity contribution in [2.45, 2.75) is 18.4 Å². The van der Waals surface area contributed by atoms with Crippen LogP contribution in [0.3, 0.4) is 0 Å². The van der Waals surface area contributed by atoms with Crippen molar-refractivity contribution in [3.63, 3.8) is 0 Å². The van der Waals surface area contributed by atoms with E-state index in [2.05, 4.69) is 15.0 Å². The highest BCUT2D eigenvalue weighted by Crippen LogP contribution is 2.26. The highest BCUT2D eigenvalue weighted by molar-refractivity contribution is 7.93. The molecular formula is C18H16N4O5S2. The Morgan fingerprint density at radius 1 is 1.14 bits per heavy atom. The zero-order valence-corrected chi connectivity index (χ0v) is 16.8. The Morgan fingerprint density at radius 2 is 1.79 bits per heavy atom. The van der Waals surface area contributed by atoms with E-state index in [1.54, 1.807) is 6.92 Å². The molecule has 0 unspecified atom stereocenters. The van der Waals surface area contributed by atoms with E-state index in [9.17, 15) is 23.3 Å². The van der Waals surface area contributed by atoms with Gasteiger partial charge in [0, 0.05) is 18.7 Å². The Morgan fingerprint density at radius 3 is 2.41 bits per heavy atom. The van der Waals surface area contributed by atoms with Gasteiger partial charge in [0.1, 0.15) is 4.88 Å². The number of carbonyl (C=O) groups is 1. The third kappa shape index (κ3) is 4.95. The monoisotopic (exact) mass is 432 g/mol. The van der Waals surface area contributed by atoms with Gasteiger partial charge < -0.3 is 5.32 Å². The first-order chi connectivity index (χ1) is 13.8. The molecule has 150 valence electrons. The van der Waals surface area contributed by atoms with Crippen molar-refractivity contribution < 1.29 is 18.1 Å². The first-order valence-electron chi connectivity index (χ1n) is 8.33. The summed E-state index contributed by atoms with van der Waals surface area (Å²) in [6.45, 7) is 1.94. The number of hydrogen-bond donors (Lipinski definition) is 2. The Kier molecular flexibility index (Phi) is 5.89. The smallest absolute Gasteiger partial charge is 0.269 e. The largest absolute Gasteiger partial charge is 0.347 e. The molecule has 0 bridgehead atoms. The standard InChI is InChI=1S/C18H16N4O5S2/c1-12-16(17(23)19-11-13-5-3-2-4-6-13)28-18(20-12)21-29(26,27)15-9-7-14(8-10-15)22(24)25/h2-10H,11H2,1H3,(H,19,23)(H,20,21). The van der Waals surface area contributed by atoms with E-state index in [0.717, 1.165) is 41.2 Å². The van der Waals surface area contributed by atoms with Gasteiger partial charge in [0.2, 0.25) is 0 Å². The van der Waals surface area contributed by atoms with E-state index in [1.165, 1.54) is 0 Å². The highest BCUT2D eigenvalue weighted by Gasteiger charge is 2.21. The van der Waals surface area contributed by atoms with Crippen LogP contribution in [0.2, 0.25) is 0 Å². The van der Waals surface area contributed by atoms with Gasteiger partial charge in [0.15, 0.2) is 5.13 Å². The lowest BCUT2D eigenvalue weighted by atomic mass is 10.2. The average molecular weight is 432 g/mol. The Balaban J connectivity index is 1.72. The first-order valence-corrected chi connectivity index (χ1v) is 10.6. The molecule has 0 saturated carbocycles. The molecule has 0 fully saturated rings. The van der Waals surface area contributed by atoms with Crippen LogP contribution in [0.4, 0.5) is 10.8 Å². The second-order valence-electron chi connectivity index (χ2n) is 5.96. The number of hydrogen-bond acceptors (Lipinski definition) is 7. The molecular weight excluding hydrogens is 416 g/mol. The number of carbonyl (C=O) groups excluding carboxylic acids is 1. The second-order valence-corrected chi connectivity index (χ2v) is 8.64. The van der Waals surface area contributed by atoms with Crippen molar-refractivity contribution in [3.8, 4) is 0 Å². The minimum atomic E-state index is -4.00. The molecule has 9 nitrogen and oxygen atoms in total. The van der Waals surface area contributed by atoms with Crippen LogP contribution in [-0.4, -0.2) is 24.2 Å². The van der Waals surface area contributed by atoms with Crippen LogP contribution in [0.1, 0.15) is 20.9 Å². The van der Waals surface area contributed by atoms with Crippen molar-refractivity contribution in [3.05, 3.63) is 80.8 Å². The fourth-order valence-corrected chi connectivity index (χ4v) is 4.55. The molecule has 0 atom stereocenters. The van der Waals surface area contributed by atoms with E-state index in [1.807, 2.05) is 30.3 Å². The van der Waals surface area contributed by atoms with Gasteiger partial charge in [0.25, 0.3) is 21.6 Å². The van der Waals surface area contributed by atoms with Crippen LogP contribution < -0.4 is 10.0 Å². The molecule has 3 rings (SSSR count). The first kappa shape index (κ1) is 20.4. The summed E-state index contributed by atoms with van der Waals surface area (Å²) in [6.07, 6.45) is 0. The Labute approximate surface area is 170 Å². The average Bonchev–Trinajstić information content (AvgIpc) is 3.06. The minimum Gasteiger partial charge on any atom is -0.347 e. The number of anilines is 1. The lowest BCUT2D eigenvalue weighted by Crippen LogP contribution is -2.22. The minimum absolute atomic E-state index is 0.0331. The molecule has 29 heavy (non-hydrogen) atoms. The number of aromatic nitrogens is 1. The number of nitro groups is 1. The van der Waals surface area contributed by atoms with Crippen molar-refractivity contribution in [1.82, 2.24) is 10.3 Å². The molecule has 0 radical (unpaired) electrons. The summed E-state index contributed by atoms with van der Waals surface area (Å²) in [5.41, 5.74) is 1.11. The van der Waals surface area contributed by atoms with Crippen LogP contribution in [0.15, 0.2) is 59.5 Å². The van der Waals surface area contributed by atoms with Crippen LogP contribution >= 0.6 is 11.3 Å². The van der Waals surface area contributed by atoms with E-state index >= 15 is 0 Å². The lowest BCUT2D eigenvalue weighted by molar-refractivity contribution is -0.384. The van der Waals surface area contributed by atoms with Crippen molar-refractivity contribution in [1.29, 1.82) is 0 Å². The fraction of sp³-hybridized carbons (Fsp3) is 0.111. The number of sulfonamides is 1. The van der Waals surface area contributed by atoms with Gasteiger partial charge in [-0.1, -0.05) is 41.7 Å². The quantitative estimate of drug-likeness (QED) is 0.436. The van der Waals surface area contributed by atoms with Crippen molar-refractivity contribution >= 4 is 38.1 Å². The number of nitrogens with one attached hydrogen (secondary N) is 2. The van der Waals surface area contributed by atoms with Crippen molar-refractivity contribution in [2.75, 3.05) is 4.72 Å². The number of nitrogens with zero attached hydrogens (tertiary/aromatic N) is 2. The molecule has 1 amide bonds. The SMILES string of the molecule is Cc1nc(NS(=O)(=O)c2ccc([N+](=O)[O-])cc2)sc1C(=O)NCc1ccccc1. The van der Waals surface area contributed by atoms with Gasteiger partial charge in [-0.25, -0.2) is 13.4 Å². The molecule has 0 aliphatic carbocycles. The van der Waals surface area contributed by atoms with E-state index < -0.39 is 14.9 Å². The van der Waals surface area contributed by atoms with Gasteiger partial charge in [-0.05, 0) is 24.6 Å². The summed E-state index contributed by atoms with van der Waals surface area (Å²) in [6, 6.07) is 13.8. The summed E-state index contributed by atoms with van der Waals surface area (Å²) in [4.78, 5) is 26.7. The van der Waals surface area contributed by atoms with Gasteiger partial charge in [-0.15, -0.1) is 0 Å². The topological polar surface area (TPSA) is 131 Å². The molecule has 2 N–H and O–H groups in total. The molecule has 1 heterocycles. The van der Waals surface area contributed by atoms with Crippen LogP contribution in [0.25, 0.3) is 0 Å². The van der Waals surface area contributed by atoms with Gasteiger partial charge in [-0.2, -0.15) is 0 Å². The molecule has 3 aromatic rings. The number of non-ortho nitro benzene ring substituents is 1. The predicted octanol–water partition coefficient (Wildman–Crippen LogP) is 3.09. The summed E-state index contributed by atoms with van der Waals surface area (Å²) >= 11 is 0.911. The van der Waals surface area contributed by atoms with Gasteiger partial charge in [0.05, 0.1) is 15.5 Å². The Bertz CT molecular complexity index is 1140. The van der Waals surface area contributed by atoms with Crippen LogP contribution in [-0.2, 0) is 16.6 Å². The molecule has 0 aliphatic heterocycles. The maximum absolute atomic E-state index is 12.5. The summed E-state index contributed by atoms with van der Waals surface area (Å²) in [5, 5.41) is 13.5. The maximum Gasteiger partial charge on any atom is 0.269 e. The van der Waals surface area contributed by atoms with Gasteiger partial charge in [-0.3, -0.25) is 19.6 Å². The van der Waals surface area contributed by atoms with E-state index in [0.29, 0.717) is 17.1 Å². The third-order valence-corrected chi connectivity index (χ3v) is 6.43. The van der Waals surface area contributed by atoms with Crippen molar-refractivity contribution in [2.24, 2.45) is 0 Å². The fourth-order valence-electron chi connectivity index (χ4n) is 2.43. The molecule has 1 aromatic heterocycles. The lowest BCUT2D eigenvalue weighted by Gasteiger charge is -2.05. The zero-order valence-electron chi connectivity index (χ0n) is 15.2. The number of amides is 1. The number of thiazole rings is 1. The normalized spacial score (nSPS) is 11.1. The van der Waals surface area contributed by atoms with E-state index in [-0.39, 0.29) is 21.6 Å².